The van der Waals surface area contributed by atoms with Crippen LogP contribution in [-0.4, -0.2) is 76.2 Å². The highest BCUT2D eigenvalue weighted by Crippen LogP contribution is 2.39. The smallest absolute Gasteiger partial charge is 0.330 e. The van der Waals surface area contributed by atoms with Gasteiger partial charge in [0.15, 0.2) is 5.90 Å². The Kier molecular flexibility index (Phi) is 19.8. The lowest BCUT2D eigenvalue weighted by molar-refractivity contribution is -0.137. The zero-order valence-electron chi connectivity index (χ0n) is 37.6. The number of carbonyl (C=O) groups is 1. The van der Waals surface area contributed by atoms with E-state index in [-0.39, 0.29) is 11.9 Å². The van der Waals surface area contributed by atoms with E-state index in [2.05, 4.69) is 43.1 Å². The molecule has 2 aliphatic rings. The van der Waals surface area contributed by atoms with Crippen LogP contribution in [0.2, 0.25) is 0 Å². The summed E-state index contributed by atoms with van der Waals surface area (Å²) in [6.45, 7) is 9.92. The maximum absolute atomic E-state index is 11.1. The van der Waals surface area contributed by atoms with Gasteiger partial charge >= 0.3 is 5.97 Å². The molecule has 0 atom stereocenters. The van der Waals surface area contributed by atoms with Crippen molar-refractivity contribution in [2.75, 3.05) is 58.2 Å². The average Bonchev–Trinajstić information content (AvgIpc) is 3.75. The van der Waals surface area contributed by atoms with Crippen molar-refractivity contribution in [3.8, 4) is 17.2 Å². The summed E-state index contributed by atoms with van der Waals surface area (Å²) in [6.07, 6.45) is 18.3. The molecule has 11 nitrogen and oxygen atoms in total. The van der Waals surface area contributed by atoms with Crippen LogP contribution in [0.25, 0.3) is 10.2 Å². The van der Waals surface area contributed by atoms with E-state index >= 15 is 0 Å². The zero-order valence-corrected chi connectivity index (χ0v) is 38.4. The number of hydrogen-bond donors (Lipinski definition) is 2. The summed E-state index contributed by atoms with van der Waals surface area (Å²) in [4.78, 5) is 16.1. The number of thiazole rings is 1. The Morgan fingerprint density at radius 3 is 2.38 bits per heavy atom. The van der Waals surface area contributed by atoms with Crippen molar-refractivity contribution in [2.45, 2.75) is 103 Å². The maximum atomic E-state index is 11.1. The molecule has 0 amide bonds. The van der Waals surface area contributed by atoms with Gasteiger partial charge < -0.3 is 29.0 Å². The summed E-state index contributed by atoms with van der Waals surface area (Å²) < 4.78 is 30.7. The largest absolute Gasteiger partial charge is 0.494 e. The van der Waals surface area contributed by atoms with E-state index in [1.165, 1.54) is 50.2 Å². The summed E-state index contributed by atoms with van der Waals surface area (Å²) in [5, 5.41) is 19.8. The Bertz CT molecular complexity index is 1990. The lowest BCUT2D eigenvalue weighted by Gasteiger charge is -2.29. The molecular weight excluding hydrogens is 811 g/mol. The van der Waals surface area contributed by atoms with Crippen molar-refractivity contribution in [3.05, 3.63) is 90.5 Å². The molecule has 1 aromatic heterocycles. The number of para-hydroxylation sites is 1. The van der Waals surface area contributed by atoms with Crippen molar-refractivity contribution in [1.82, 2.24) is 10.3 Å². The highest BCUT2D eigenvalue weighted by Gasteiger charge is 2.27. The third kappa shape index (κ3) is 15.5. The fourth-order valence-corrected chi connectivity index (χ4v) is 9.52. The SMILES string of the molecule is C=CC(=O)OCCCCCCOc1ccc(OC(=N)C2CCC(COc3ccc(C4CCC(CCC)CC4)cc3/C=N/N(CCOCCNC)c3nc4ccccc4s3)CC2)cc1. The fourth-order valence-electron chi connectivity index (χ4n) is 8.57. The molecule has 0 unspecified atom stereocenters. The Balaban J connectivity index is 1.02. The topological polar surface area (TPSA) is 128 Å². The van der Waals surface area contributed by atoms with E-state index < -0.39 is 0 Å². The molecule has 6 rings (SSSR count). The van der Waals surface area contributed by atoms with Crippen molar-refractivity contribution < 1.29 is 28.5 Å². The summed E-state index contributed by atoms with van der Waals surface area (Å²) in [7, 11) is 1.93. The first-order valence-electron chi connectivity index (χ1n) is 23.4. The van der Waals surface area contributed by atoms with Crippen LogP contribution in [0, 0.1) is 23.2 Å². The summed E-state index contributed by atoms with van der Waals surface area (Å²) >= 11 is 1.64. The van der Waals surface area contributed by atoms with Crippen molar-refractivity contribution in [3.63, 3.8) is 0 Å². The predicted octanol–water partition coefficient (Wildman–Crippen LogP) is 11.4. The third-order valence-corrected chi connectivity index (χ3v) is 13.3. The molecule has 63 heavy (non-hydrogen) atoms. The molecule has 2 fully saturated rings. The molecule has 2 N–H and O–H groups in total. The monoisotopic (exact) mass is 879 g/mol. The number of fused-ring (bicyclic) bond motifs is 1. The number of esters is 1. The number of rotatable bonds is 26. The Morgan fingerprint density at radius 1 is 0.889 bits per heavy atom. The van der Waals surface area contributed by atoms with Crippen LogP contribution in [0.3, 0.4) is 0 Å². The molecule has 4 aromatic rings. The molecule has 1 heterocycles. The van der Waals surface area contributed by atoms with Gasteiger partial charge in [0, 0.05) is 24.1 Å². The minimum Gasteiger partial charge on any atom is -0.494 e. The maximum Gasteiger partial charge on any atom is 0.330 e. The highest BCUT2D eigenvalue weighted by atomic mass is 32.1. The molecule has 0 aliphatic heterocycles. The first-order valence-corrected chi connectivity index (χ1v) is 24.2. The van der Waals surface area contributed by atoms with Gasteiger partial charge in [-0.2, -0.15) is 5.10 Å². The number of nitrogens with one attached hydrogen (secondary N) is 2. The van der Waals surface area contributed by atoms with Gasteiger partial charge in [-0.1, -0.05) is 55.9 Å². The number of hydrogen-bond acceptors (Lipinski definition) is 12. The Morgan fingerprint density at radius 2 is 1.63 bits per heavy atom. The number of carbonyl (C=O) groups excluding carboxylic acids is 1. The predicted molar refractivity (Wildman–Crippen MR) is 256 cm³/mol. The second-order valence-electron chi connectivity index (χ2n) is 17.0. The second-order valence-corrected chi connectivity index (χ2v) is 18.0. The molecule has 0 saturated heterocycles. The lowest BCUT2D eigenvalue weighted by atomic mass is 9.77. The van der Waals surface area contributed by atoms with Crippen LogP contribution in [0.5, 0.6) is 17.2 Å². The molecule has 0 bridgehead atoms. The number of nitrogens with zero attached hydrogens (tertiary/aromatic N) is 3. The molecule has 12 heteroatoms. The average molecular weight is 880 g/mol. The van der Waals surface area contributed by atoms with Crippen LogP contribution in [0.15, 0.2) is 84.5 Å². The van der Waals surface area contributed by atoms with Crippen molar-refractivity contribution in [2.24, 2.45) is 22.9 Å². The van der Waals surface area contributed by atoms with Crippen LogP contribution in [0.4, 0.5) is 5.13 Å². The Hall–Kier alpha value is -4.78. The van der Waals surface area contributed by atoms with Gasteiger partial charge in [-0.15, -0.1) is 0 Å². The van der Waals surface area contributed by atoms with E-state index in [1.54, 1.807) is 11.3 Å². The molecule has 2 saturated carbocycles. The van der Waals surface area contributed by atoms with Crippen LogP contribution < -0.4 is 24.5 Å². The van der Waals surface area contributed by atoms with E-state index in [1.807, 2.05) is 60.7 Å². The van der Waals surface area contributed by atoms with Gasteiger partial charge in [0.25, 0.3) is 0 Å². The quantitative estimate of drug-likeness (QED) is 0.0158. The van der Waals surface area contributed by atoms with Gasteiger partial charge in [0.2, 0.25) is 5.13 Å². The standard InChI is InChI=1S/C51H69N5O6S/c1-4-12-38-15-19-40(20-16-38)42-23-28-47(43(35-42)36-54-56(30-34-58-33-29-53-3)51-55-46-13-8-9-14-48(46)63-51)61-37-39-17-21-41(22-18-39)50(52)62-45-26-24-44(25-27-45)59-31-10-6-7-11-32-60-49(57)5-2/h5,8-9,13-14,23-28,35-36,38-41,52-53H,2,4,6-7,10-12,15-22,29-34,37H2,1,3H3/b52-50?,54-36+. The van der Waals surface area contributed by atoms with Gasteiger partial charge in [-0.3, -0.25) is 5.41 Å². The lowest BCUT2D eigenvalue weighted by Crippen LogP contribution is -2.27. The first-order chi connectivity index (χ1) is 30.9. The molecule has 340 valence electrons. The molecule has 3 aromatic carbocycles. The van der Waals surface area contributed by atoms with Crippen molar-refractivity contribution in [1.29, 1.82) is 5.41 Å². The van der Waals surface area contributed by atoms with Crippen molar-refractivity contribution >= 4 is 44.8 Å². The van der Waals surface area contributed by atoms with Crippen LogP contribution >= 0.6 is 11.3 Å². The van der Waals surface area contributed by atoms with E-state index in [0.29, 0.717) is 63.1 Å². The number of aromatic nitrogens is 1. The number of ether oxygens (including phenoxy) is 5. The fraction of sp³-hybridized carbons (Fsp3) is 0.529. The normalized spacial score (nSPS) is 18.9. The van der Waals surface area contributed by atoms with Gasteiger partial charge in [-0.25, -0.2) is 14.8 Å². The number of hydrazone groups is 1. The van der Waals surface area contributed by atoms with Crippen LogP contribution in [0.1, 0.15) is 114 Å². The Labute approximate surface area is 379 Å². The minimum atomic E-state index is -0.374. The van der Waals surface area contributed by atoms with Gasteiger partial charge in [-0.05, 0) is 156 Å². The summed E-state index contributed by atoms with van der Waals surface area (Å²) in [5.41, 5.74) is 3.33. The molecule has 2 aliphatic carbocycles. The number of likely N-dealkylation sites (N-methyl/N-ethyl adjacent to an activating group) is 1. The second kappa shape index (κ2) is 26.1. The highest BCUT2D eigenvalue weighted by molar-refractivity contribution is 7.22. The number of benzene rings is 3. The first kappa shape index (κ1) is 47.7. The zero-order chi connectivity index (χ0) is 44.1. The van der Waals surface area contributed by atoms with E-state index in [0.717, 1.165) is 96.2 Å². The molecular formula is C51H69N5O6S. The molecule has 0 radical (unpaired) electrons. The van der Waals surface area contributed by atoms with E-state index in [4.69, 9.17) is 39.2 Å². The minimum absolute atomic E-state index is 0.0857. The summed E-state index contributed by atoms with van der Waals surface area (Å²) in [5.74, 6) is 4.12. The number of unbranched alkanes of at least 4 members (excludes halogenated alkanes) is 3. The van der Waals surface area contributed by atoms with Gasteiger partial charge in [0.05, 0.1) is 56.0 Å². The number of anilines is 1. The molecule has 0 spiro atoms. The van der Waals surface area contributed by atoms with Gasteiger partial charge in [0.1, 0.15) is 17.2 Å². The third-order valence-electron chi connectivity index (χ3n) is 12.3. The summed E-state index contributed by atoms with van der Waals surface area (Å²) in [6, 6.07) is 22.5. The van der Waals surface area contributed by atoms with E-state index in [9.17, 15) is 4.79 Å². The van der Waals surface area contributed by atoms with Crippen LogP contribution in [-0.2, 0) is 14.3 Å².